The van der Waals surface area contributed by atoms with Crippen molar-refractivity contribution in [2.24, 2.45) is 0 Å². The topological polar surface area (TPSA) is 52.0 Å². The minimum absolute atomic E-state index is 0.492. The number of rotatable bonds is 3. The number of hydrogen-bond donors (Lipinski definition) is 1. The predicted molar refractivity (Wildman–Crippen MR) is 73.6 cm³/mol. The third kappa shape index (κ3) is 2.19. The molecule has 0 aliphatic heterocycles. The van der Waals surface area contributed by atoms with E-state index in [1.54, 1.807) is 11.3 Å². The molecule has 2 heterocycles. The van der Waals surface area contributed by atoms with Crippen LogP contribution in [0.3, 0.4) is 0 Å². The molecule has 6 heteroatoms. The maximum absolute atomic E-state index is 5.79. The van der Waals surface area contributed by atoms with Crippen molar-refractivity contribution in [3.8, 4) is 11.3 Å². The van der Waals surface area contributed by atoms with Crippen LogP contribution in [0.2, 0.25) is 0 Å². The fraction of sp³-hybridized carbons (Fsp3) is 0.300. The average molecular weight is 366 g/mol. The molecule has 0 atom stereocenters. The zero-order valence-corrected chi connectivity index (χ0v) is 12.6. The van der Waals surface area contributed by atoms with Gasteiger partial charge in [-0.2, -0.15) is 0 Å². The van der Waals surface area contributed by atoms with Gasteiger partial charge >= 0.3 is 0 Å². The molecule has 0 spiro atoms. The van der Waals surface area contributed by atoms with E-state index in [0.29, 0.717) is 5.82 Å². The Labute approximate surface area is 114 Å². The van der Waals surface area contributed by atoms with Gasteiger partial charge in [-0.25, -0.2) is 0 Å². The van der Waals surface area contributed by atoms with Gasteiger partial charge < -0.3 is 10.3 Å². The van der Waals surface area contributed by atoms with Gasteiger partial charge in [0.05, 0.1) is 7.57 Å². The minimum atomic E-state index is 0.492. The van der Waals surface area contributed by atoms with Gasteiger partial charge in [0.1, 0.15) is 0 Å². The second-order valence-electron chi connectivity index (χ2n) is 3.36. The number of aromatic nitrogens is 1. The molecule has 0 unspecified atom stereocenters. The lowest BCUT2D eigenvalue weighted by Crippen LogP contribution is -1.92. The van der Waals surface area contributed by atoms with Crippen LogP contribution in [0.4, 0.5) is 5.82 Å². The number of nitrogen functional groups attached to an aromatic ring is 1. The summed E-state index contributed by atoms with van der Waals surface area (Å²) in [5.41, 5.74) is 7.79. The second-order valence-corrected chi connectivity index (χ2v) is 7.11. The Kier molecular flexibility index (Phi) is 3.71. The molecule has 16 heavy (non-hydrogen) atoms. The first-order valence-electron chi connectivity index (χ1n) is 4.82. The Morgan fingerprint density at radius 2 is 2.25 bits per heavy atom. The average Bonchev–Trinajstić information content (AvgIpc) is 2.73. The first-order valence-corrected chi connectivity index (χ1v) is 7.23. The number of anilines is 1. The van der Waals surface area contributed by atoms with Crippen LogP contribution in [0.1, 0.15) is 18.9 Å². The van der Waals surface area contributed by atoms with Crippen molar-refractivity contribution >= 4 is 49.0 Å². The summed E-state index contributed by atoms with van der Waals surface area (Å²) in [5.74, 6) is 1.26. The summed E-state index contributed by atoms with van der Waals surface area (Å²) in [7, 11) is 0. The van der Waals surface area contributed by atoms with Crippen molar-refractivity contribution in [1.29, 1.82) is 0 Å². The molecule has 0 saturated heterocycles. The van der Waals surface area contributed by atoms with E-state index in [0.717, 1.165) is 37.3 Å². The Hall–Kier alpha value is -0.330. The maximum atomic E-state index is 5.79. The van der Waals surface area contributed by atoms with Gasteiger partial charge in [-0.15, -0.1) is 11.3 Å². The second kappa shape index (κ2) is 4.89. The van der Waals surface area contributed by atoms with E-state index < -0.39 is 0 Å². The van der Waals surface area contributed by atoms with Gasteiger partial charge in [0.15, 0.2) is 11.6 Å². The molecule has 0 amide bonds. The fourth-order valence-corrected chi connectivity index (χ4v) is 4.31. The van der Waals surface area contributed by atoms with E-state index in [1.165, 1.54) is 0 Å². The van der Waals surface area contributed by atoms with Crippen molar-refractivity contribution in [3.05, 3.63) is 19.2 Å². The third-order valence-corrected chi connectivity index (χ3v) is 4.56. The van der Waals surface area contributed by atoms with Crippen molar-refractivity contribution in [2.75, 3.05) is 5.73 Å². The molecule has 2 aromatic rings. The standard InChI is InChI=1S/C10H10Br2N2OS/c1-2-3-5-8(15-14-10(5)13)6-4-7(11)16-9(6)12/h4H,2-3H2,1H3,(H2,13,14). The summed E-state index contributed by atoms with van der Waals surface area (Å²) in [4.78, 5) is 0. The smallest absolute Gasteiger partial charge is 0.174 e. The van der Waals surface area contributed by atoms with Crippen LogP contribution in [0.15, 0.2) is 18.2 Å². The highest BCUT2D eigenvalue weighted by Gasteiger charge is 2.19. The van der Waals surface area contributed by atoms with Crippen LogP contribution in [0.5, 0.6) is 0 Å². The maximum Gasteiger partial charge on any atom is 0.174 e. The summed E-state index contributed by atoms with van der Waals surface area (Å²) < 4.78 is 7.38. The van der Waals surface area contributed by atoms with Crippen LogP contribution in [-0.4, -0.2) is 5.16 Å². The minimum Gasteiger partial charge on any atom is -0.381 e. The van der Waals surface area contributed by atoms with Gasteiger partial charge in [0.2, 0.25) is 0 Å². The lowest BCUT2D eigenvalue weighted by Gasteiger charge is -1.98. The van der Waals surface area contributed by atoms with E-state index in [2.05, 4.69) is 43.9 Å². The predicted octanol–water partition coefficient (Wildman–Crippen LogP) is 4.46. The number of nitrogens with two attached hydrogens (primary N) is 1. The van der Waals surface area contributed by atoms with Gasteiger partial charge in [-0.3, -0.25) is 0 Å². The molecule has 2 N–H and O–H groups in total. The van der Waals surface area contributed by atoms with Gasteiger partial charge in [-0.05, 0) is 44.3 Å². The Morgan fingerprint density at radius 3 is 2.81 bits per heavy atom. The molecule has 0 fully saturated rings. The fourth-order valence-electron chi connectivity index (χ4n) is 1.52. The van der Waals surface area contributed by atoms with Gasteiger partial charge in [0.25, 0.3) is 0 Å². The SMILES string of the molecule is CCCc1c(N)noc1-c1cc(Br)sc1Br. The third-order valence-electron chi connectivity index (χ3n) is 2.22. The van der Waals surface area contributed by atoms with Crippen LogP contribution >= 0.6 is 43.2 Å². The first kappa shape index (κ1) is 12.1. The van der Waals surface area contributed by atoms with Crippen molar-refractivity contribution in [2.45, 2.75) is 19.8 Å². The molecule has 0 aliphatic carbocycles. The molecule has 2 rings (SSSR count). The molecule has 3 nitrogen and oxygen atoms in total. The lowest BCUT2D eigenvalue weighted by molar-refractivity contribution is 0.435. The van der Waals surface area contributed by atoms with Crippen molar-refractivity contribution in [1.82, 2.24) is 5.16 Å². The largest absolute Gasteiger partial charge is 0.381 e. The lowest BCUT2D eigenvalue weighted by atomic mass is 10.1. The molecule has 0 radical (unpaired) electrons. The molecule has 0 bridgehead atoms. The van der Waals surface area contributed by atoms with Gasteiger partial charge in [0, 0.05) is 11.1 Å². The quantitative estimate of drug-likeness (QED) is 0.873. The van der Waals surface area contributed by atoms with Crippen LogP contribution in [-0.2, 0) is 6.42 Å². The Balaban J connectivity index is 2.51. The van der Waals surface area contributed by atoms with E-state index >= 15 is 0 Å². The normalized spacial score (nSPS) is 10.9. The van der Waals surface area contributed by atoms with E-state index in [-0.39, 0.29) is 0 Å². The van der Waals surface area contributed by atoms with Crippen LogP contribution in [0.25, 0.3) is 11.3 Å². The molecule has 86 valence electrons. The summed E-state index contributed by atoms with van der Waals surface area (Å²) in [6.45, 7) is 2.11. The molecule has 0 saturated carbocycles. The zero-order chi connectivity index (χ0) is 11.7. The van der Waals surface area contributed by atoms with Crippen molar-refractivity contribution < 1.29 is 4.52 Å². The Bertz CT molecular complexity index is 507. The summed E-state index contributed by atoms with van der Waals surface area (Å²) in [6.07, 6.45) is 1.89. The van der Waals surface area contributed by atoms with E-state index in [1.807, 2.05) is 6.07 Å². The molecular formula is C10H10Br2N2OS. The van der Waals surface area contributed by atoms with Crippen LogP contribution in [0, 0.1) is 0 Å². The molecular weight excluding hydrogens is 356 g/mol. The first-order chi connectivity index (χ1) is 7.63. The molecule has 0 aliphatic rings. The number of thiophene rings is 1. The van der Waals surface area contributed by atoms with E-state index in [9.17, 15) is 0 Å². The molecule has 2 aromatic heterocycles. The van der Waals surface area contributed by atoms with E-state index in [4.69, 9.17) is 10.3 Å². The number of hydrogen-bond acceptors (Lipinski definition) is 4. The van der Waals surface area contributed by atoms with Gasteiger partial charge in [-0.1, -0.05) is 18.5 Å². The van der Waals surface area contributed by atoms with Crippen molar-refractivity contribution in [3.63, 3.8) is 0 Å². The summed E-state index contributed by atoms with van der Waals surface area (Å²) >= 11 is 8.56. The highest BCUT2D eigenvalue weighted by molar-refractivity contribution is 9.12. The monoisotopic (exact) mass is 364 g/mol. The summed E-state index contributed by atoms with van der Waals surface area (Å²) in [5, 5.41) is 3.83. The van der Waals surface area contributed by atoms with Crippen LogP contribution < -0.4 is 5.73 Å². The number of nitrogens with zero attached hydrogens (tertiary/aromatic N) is 1. The summed E-state index contributed by atoms with van der Waals surface area (Å²) in [6, 6.07) is 2.01. The number of halogens is 2. The molecule has 0 aromatic carbocycles. The highest BCUT2D eigenvalue weighted by Crippen LogP contribution is 2.41. The Morgan fingerprint density at radius 1 is 1.50 bits per heavy atom. The highest BCUT2D eigenvalue weighted by atomic mass is 79.9. The zero-order valence-electron chi connectivity index (χ0n) is 8.59.